The van der Waals surface area contributed by atoms with Gasteiger partial charge < -0.3 is 20.5 Å². The van der Waals surface area contributed by atoms with E-state index in [2.05, 4.69) is 5.32 Å². The minimum absolute atomic E-state index is 0.0325. The van der Waals surface area contributed by atoms with Crippen molar-refractivity contribution in [2.24, 2.45) is 11.1 Å². The summed E-state index contributed by atoms with van der Waals surface area (Å²) in [7, 11) is 1.62. The number of amides is 1. The van der Waals surface area contributed by atoms with Crippen LogP contribution in [0.2, 0.25) is 0 Å². The van der Waals surface area contributed by atoms with E-state index < -0.39 is 5.54 Å². The molecule has 2 atom stereocenters. The fraction of sp³-hybridized carbons (Fsp3) is 0.588. The number of benzene rings is 1. The second-order valence-corrected chi connectivity index (χ2v) is 6.38. The molecular weight excluding hydrogens is 280 g/mol. The van der Waals surface area contributed by atoms with Crippen molar-refractivity contribution in [1.82, 2.24) is 5.32 Å². The van der Waals surface area contributed by atoms with Crippen LogP contribution in [0.3, 0.4) is 0 Å². The Morgan fingerprint density at radius 3 is 2.77 bits per heavy atom. The van der Waals surface area contributed by atoms with Gasteiger partial charge in [-0.05, 0) is 24.6 Å². The molecule has 0 heterocycles. The van der Waals surface area contributed by atoms with Crippen LogP contribution >= 0.6 is 0 Å². The number of methoxy groups -OCH3 is 1. The van der Waals surface area contributed by atoms with E-state index in [1.807, 2.05) is 45.0 Å². The Hall–Kier alpha value is -1.59. The van der Waals surface area contributed by atoms with Crippen molar-refractivity contribution in [2.75, 3.05) is 13.7 Å². The maximum Gasteiger partial charge on any atom is 0.241 e. The lowest BCUT2D eigenvalue weighted by atomic mass is 9.54. The number of nitrogens with one attached hydrogen (secondary N) is 1. The molecule has 5 heteroatoms. The molecule has 1 amide bonds. The van der Waals surface area contributed by atoms with Crippen LogP contribution in [0, 0.1) is 5.41 Å². The largest absolute Gasteiger partial charge is 0.497 e. The summed E-state index contributed by atoms with van der Waals surface area (Å²) >= 11 is 0. The van der Waals surface area contributed by atoms with Crippen molar-refractivity contribution in [1.29, 1.82) is 0 Å². The van der Waals surface area contributed by atoms with E-state index in [4.69, 9.17) is 15.2 Å². The third kappa shape index (κ3) is 2.83. The molecule has 1 saturated carbocycles. The maximum atomic E-state index is 12.5. The average Bonchev–Trinajstić information content (AvgIpc) is 2.52. The van der Waals surface area contributed by atoms with Gasteiger partial charge in [0.15, 0.2) is 0 Å². The Morgan fingerprint density at radius 2 is 2.18 bits per heavy atom. The Morgan fingerprint density at radius 1 is 1.45 bits per heavy atom. The van der Waals surface area contributed by atoms with Crippen LogP contribution in [-0.2, 0) is 16.1 Å². The first kappa shape index (κ1) is 16.8. The van der Waals surface area contributed by atoms with Gasteiger partial charge in [0.05, 0.1) is 13.2 Å². The molecule has 0 bridgehead atoms. The van der Waals surface area contributed by atoms with Gasteiger partial charge in [-0.3, -0.25) is 4.79 Å². The number of carbonyl (C=O) groups excluding carboxylic acids is 1. The van der Waals surface area contributed by atoms with Crippen molar-refractivity contribution in [3.63, 3.8) is 0 Å². The standard InChI is InChI=1S/C17H26N2O3/c1-5-22-14-10-17(18,16(14,2)3)15(20)19-11-12-7-6-8-13(9-12)21-4/h6-9,14H,5,10-11,18H2,1-4H3,(H,19,20). The minimum Gasteiger partial charge on any atom is -0.497 e. The van der Waals surface area contributed by atoms with Crippen LogP contribution < -0.4 is 15.8 Å². The van der Waals surface area contributed by atoms with E-state index in [9.17, 15) is 4.79 Å². The summed E-state index contributed by atoms with van der Waals surface area (Å²) in [5.74, 6) is 0.644. The molecule has 22 heavy (non-hydrogen) atoms. The summed E-state index contributed by atoms with van der Waals surface area (Å²) in [6, 6.07) is 7.62. The number of rotatable bonds is 6. The van der Waals surface area contributed by atoms with Gasteiger partial charge in [-0.25, -0.2) is 0 Å². The molecule has 0 spiro atoms. The number of carbonyl (C=O) groups is 1. The zero-order valence-electron chi connectivity index (χ0n) is 13.8. The molecule has 1 fully saturated rings. The normalized spacial score (nSPS) is 26.1. The lowest BCUT2D eigenvalue weighted by molar-refractivity contribution is -0.170. The number of hydrogen-bond donors (Lipinski definition) is 2. The van der Waals surface area contributed by atoms with Crippen LogP contribution in [-0.4, -0.2) is 31.3 Å². The summed E-state index contributed by atoms with van der Waals surface area (Å²) in [6.45, 7) is 7.00. The Kier molecular flexibility index (Phi) is 4.78. The smallest absolute Gasteiger partial charge is 0.241 e. The van der Waals surface area contributed by atoms with Crippen LogP contribution in [0.4, 0.5) is 0 Å². The number of nitrogens with two attached hydrogens (primary N) is 1. The predicted octanol–water partition coefficient (Wildman–Crippen LogP) is 1.84. The van der Waals surface area contributed by atoms with Crippen LogP contribution in [0.15, 0.2) is 24.3 Å². The lowest BCUT2D eigenvalue weighted by Crippen LogP contribution is -2.75. The summed E-state index contributed by atoms with van der Waals surface area (Å²) < 4.78 is 10.8. The summed E-state index contributed by atoms with van der Waals surface area (Å²) in [4.78, 5) is 12.5. The molecule has 1 aliphatic rings. The van der Waals surface area contributed by atoms with Crippen LogP contribution in [0.1, 0.15) is 32.8 Å². The second kappa shape index (κ2) is 6.26. The maximum absolute atomic E-state index is 12.5. The average molecular weight is 306 g/mol. The topological polar surface area (TPSA) is 73.6 Å². The van der Waals surface area contributed by atoms with E-state index in [1.54, 1.807) is 7.11 Å². The first-order valence-electron chi connectivity index (χ1n) is 7.67. The molecule has 3 N–H and O–H groups in total. The summed E-state index contributed by atoms with van der Waals surface area (Å²) in [5.41, 5.74) is 6.07. The summed E-state index contributed by atoms with van der Waals surface area (Å²) in [6.07, 6.45) is 0.586. The number of ether oxygens (including phenoxy) is 2. The van der Waals surface area contributed by atoms with Crippen molar-refractivity contribution in [3.05, 3.63) is 29.8 Å². The van der Waals surface area contributed by atoms with Crippen molar-refractivity contribution in [2.45, 2.75) is 45.4 Å². The van der Waals surface area contributed by atoms with Crippen LogP contribution in [0.25, 0.3) is 0 Å². The first-order chi connectivity index (χ1) is 10.3. The molecule has 122 valence electrons. The van der Waals surface area contributed by atoms with Crippen molar-refractivity contribution < 1.29 is 14.3 Å². The van der Waals surface area contributed by atoms with Gasteiger partial charge in [0.2, 0.25) is 5.91 Å². The fourth-order valence-electron chi connectivity index (χ4n) is 2.94. The molecule has 2 unspecified atom stereocenters. The molecule has 1 aliphatic carbocycles. The third-order valence-corrected chi connectivity index (χ3v) is 4.82. The van der Waals surface area contributed by atoms with E-state index >= 15 is 0 Å². The molecule has 0 aliphatic heterocycles. The molecule has 1 aromatic rings. The predicted molar refractivity (Wildman–Crippen MR) is 85.6 cm³/mol. The Bertz CT molecular complexity index is 544. The molecule has 0 aromatic heterocycles. The van der Waals surface area contributed by atoms with E-state index in [0.717, 1.165) is 11.3 Å². The quantitative estimate of drug-likeness (QED) is 0.841. The fourth-order valence-corrected chi connectivity index (χ4v) is 2.94. The van der Waals surface area contributed by atoms with Crippen molar-refractivity contribution in [3.8, 4) is 5.75 Å². The van der Waals surface area contributed by atoms with Crippen LogP contribution in [0.5, 0.6) is 5.75 Å². The molecule has 1 aromatic carbocycles. The zero-order chi connectivity index (χ0) is 16.4. The highest BCUT2D eigenvalue weighted by atomic mass is 16.5. The highest BCUT2D eigenvalue weighted by Gasteiger charge is 2.62. The monoisotopic (exact) mass is 306 g/mol. The van der Waals surface area contributed by atoms with Gasteiger partial charge in [-0.2, -0.15) is 0 Å². The van der Waals surface area contributed by atoms with E-state index in [1.165, 1.54) is 0 Å². The Balaban J connectivity index is 1.98. The minimum atomic E-state index is -0.883. The van der Waals surface area contributed by atoms with Gasteiger partial charge in [0, 0.05) is 25.0 Å². The summed E-state index contributed by atoms with van der Waals surface area (Å²) in [5, 5.41) is 2.94. The van der Waals surface area contributed by atoms with Gasteiger partial charge in [-0.15, -0.1) is 0 Å². The second-order valence-electron chi connectivity index (χ2n) is 6.38. The van der Waals surface area contributed by atoms with Gasteiger partial charge in [0.25, 0.3) is 0 Å². The van der Waals surface area contributed by atoms with Gasteiger partial charge in [-0.1, -0.05) is 26.0 Å². The molecule has 5 nitrogen and oxygen atoms in total. The lowest BCUT2D eigenvalue weighted by Gasteiger charge is -2.57. The number of hydrogen-bond acceptors (Lipinski definition) is 4. The van der Waals surface area contributed by atoms with Gasteiger partial charge in [0.1, 0.15) is 11.3 Å². The van der Waals surface area contributed by atoms with Gasteiger partial charge >= 0.3 is 0 Å². The molecular formula is C17H26N2O3. The van der Waals surface area contributed by atoms with E-state index in [0.29, 0.717) is 19.6 Å². The third-order valence-electron chi connectivity index (χ3n) is 4.82. The van der Waals surface area contributed by atoms with Crippen molar-refractivity contribution >= 4 is 5.91 Å². The molecule has 0 saturated heterocycles. The van der Waals surface area contributed by atoms with E-state index in [-0.39, 0.29) is 17.4 Å². The Labute approximate surface area is 132 Å². The molecule has 0 radical (unpaired) electrons. The SMILES string of the molecule is CCOC1CC(N)(C(=O)NCc2cccc(OC)c2)C1(C)C. The zero-order valence-corrected chi connectivity index (χ0v) is 13.8. The molecule has 2 rings (SSSR count). The highest BCUT2D eigenvalue weighted by molar-refractivity contribution is 5.88. The highest BCUT2D eigenvalue weighted by Crippen LogP contribution is 2.49. The first-order valence-corrected chi connectivity index (χ1v) is 7.67.